The van der Waals surface area contributed by atoms with Gasteiger partial charge in [0.05, 0.1) is 18.4 Å². The third-order valence-electron chi connectivity index (χ3n) is 3.89. The summed E-state index contributed by atoms with van der Waals surface area (Å²) in [7, 11) is 1.50. The molecule has 0 bridgehead atoms. The van der Waals surface area contributed by atoms with E-state index in [9.17, 15) is 9.59 Å². The molecule has 2 N–H and O–H groups in total. The van der Waals surface area contributed by atoms with Gasteiger partial charge in [-0.3, -0.25) is 9.59 Å². The molecule has 0 aliphatic rings. The highest BCUT2D eigenvalue weighted by Gasteiger charge is 2.13. The minimum Gasteiger partial charge on any atom is -0.496 e. The van der Waals surface area contributed by atoms with E-state index >= 15 is 0 Å². The Morgan fingerprint density at radius 1 is 1.14 bits per heavy atom. The highest BCUT2D eigenvalue weighted by molar-refractivity contribution is 7.14. The zero-order valence-corrected chi connectivity index (χ0v) is 16.6. The van der Waals surface area contributed by atoms with Gasteiger partial charge < -0.3 is 15.4 Å². The third-order valence-corrected chi connectivity index (χ3v) is 4.98. The largest absolute Gasteiger partial charge is 0.496 e. The second-order valence-electron chi connectivity index (χ2n) is 5.77. The van der Waals surface area contributed by atoms with E-state index in [0.717, 1.165) is 5.56 Å². The second-order valence-corrected chi connectivity index (χ2v) is 7.04. The molecule has 2 amide bonds. The summed E-state index contributed by atoms with van der Waals surface area (Å²) in [5.41, 5.74) is 1.94. The Balaban J connectivity index is 1.51. The monoisotopic (exact) mass is 415 g/mol. The first-order valence-corrected chi connectivity index (χ1v) is 9.75. The molecule has 1 aromatic heterocycles. The summed E-state index contributed by atoms with van der Waals surface area (Å²) in [5, 5.41) is 8.37. The van der Waals surface area contributed by atoms with Crippen LogP contribution in [0.3, 0.4) is 0 Å². The molecule has 0 radical (unpaired) electrons. The molecule has 28 heavy (non-hydrogen) atoms. The molecule has 0 saturated heterocycles. The molecule has 0 aliphatic carbocycles. The van der Waals surface area contributed by atoms with Gasteiger partial charge in [0.2, 0.25) is 5.91 Å². The van der Waals surface area contributed by atoms with E-state index in [0.29, 0.717) is 27.2 Å². The van der Waals surface area contributed by atoms with Gasteiger partial charge in [0.1, 0.15) is 5.75 Å². The van der Waals surface area contributed by atoms with Gasteiger partial charge in [0.25, 0.3) is 5.91 Å². The van der Waals surface area contributed by atoms with Gasteiger partial charge in [0, 0.05) is 28.9 Å². The van der Waals surface area contributed by atoms with E-state index in [1.807, 2.05) is 23.6 Å². The van der Waals surface area contributed by atoms with Gasteiger partial charge in [-0.2, -0.15) is 0 Å². The summed E-state index contributed by atoms with van der Waals surface area (Å²) in [6, 6.07) is 14.3. The quantitative estimate of drug-likeness (QED) is 0.605. The lowest BCUT2D eigenvalue weighted by Crippen LogP contribution is -2.28. The zero-order chi connectivity index (χ0) is 19.9. The summed E-state index contributed by atoms with van der Waals surface area (Å²) in [6.45, 7) is 0.200. The summed E-state index contributed by atoms with van der Waals surface area (Å²) < 4.78 is 5.16. The number of thiazole rings is 1. The molecular weight excluding hydrogens is 398 g/mol. The van der Waals surface area contributed by atoms with Crippen LogP contribution in [-0.4, -0.2) is 30.5 Å². The van der Waals surface area contributed by atoms with Gasteiger partial charge >= 0.3 is 0 Å². The van der Waals surface area contributed by atoms with Crippen molar-refractivity contribution in [1.29, 1.82) is 0 Å². The molecule has 0 saturated carbocycles. The molecule has 0 atom stereocenters. The van der Waals surface area contributed by atoms with E-state index in [4.69, 9.17) is 16.3 Å². The number of aromatic nitrogens is 1. The van der Waals surface area contributed by atoms with Crippen LogP contribution in [0.15, 0.2) is 53.9 Å². The van der Waals surface area contributed by atoms with Gasteiger partial charge in [-0.15, -0.1) is 11.3 Å². The average Bonchev–Trinajstić information content (AvgIpc) is 3.16. The van der Waals surface area contributed by atoms with Crippen molar-refractivity contribution in [2.45, 2.75) is 6.42 Å². The van der Waals surface area contributed by atoms with E-state index in [1.165, 1.54) is 18.4 Å². The normalized spacial score (nSPS) is 10.4. The molecule has 0 spiro atoms. The molecule has 0 fully saturated rings. The van der Waals surface area contributed by atoms with Crippen LogP contribution in [0.2, 0.25) is 5.02 Å². The fourth-order valence-electron chi connectivity index (χ4n) is 2.52. The van der Waals surface area contributed by atoms with Crippen LogP contribution in [0.5, 0.6) is 5.75 Å². The number of methoxy groups -OCH3 is 1. The zero-order valence-electron chi connectivity index (χ0n) is 15.1. The minimum atomic E-state index is -0.291. The van der Waals surface area contributed by atoms with Crippen molar-refractivity contribution in [3.63, 3.8) is 0 Å². The van der Waals surface area contributed by atoms with Gasteiger partial charge in [-0.05, 0) is 18.2 Å². The van der Waals surface area contributed by atoms with Crippen LogP contribution in [0.4, 0.5) is 5.13 Å². The van der Waals surface area contributed by atoms with Crippen molar-refractivity contribution in [3.8, 4) is 17.0 Å². The Morgan fingerprint density at radius 3 is 2.68 bits per heavy atom. The molecule has 2 aromatic carbocycles. The molecule has 3 aromatic rings. The summed E-state index contributed by atoms with van der Waals surface area (Å²) in [4.78, 5) is 28.7. The summed E-state index contributed by atoms with van der Waals surface area (Å²) in [5.74, 6) is -0.0415. The number of nitrogens with zero attached hydrogens (tertiary/aromatic N) is 1. The average molecular weight is 416 g/mol. The fourth-order valence-corrected chi connectivity index (χ4v) is 3.48. The maximum atomic E-state index is 12.2. The van der Waals surface area contributed by atoms with Crippen molar-refractivity contribution in [2.24, 2.45) is 0 Å². The lowest BCUT2D eigenvalue weighted by Gasteiger charge is -2.08. The maximum Gasteiger partial charge on any atom is 0.255 e. The minimum absolute atomic E-state index is 0.127. The van der Waals surface area contributed by atoms with Crippen molar-refractivity contribution in [3.05, 3.63) is 64.5 Å². The number of benzene rings is 2. The van der Waals surface area contributed by atoms with Crippen LogP contribution >= 0.6 is 22.9 Å². The molecule has 144 valence electrons. The van der Waals surface area contributed by atoms with Crippen LogP contribution < -0.4 is 15.4 Å². The summed E-state index contributed by atoms with van der Waals surface area (Å²) >= 11 is 7.49. The highest BCUT2D eigenvalue weighted by Crippen LogP contribution is 2.30. The second kappa shape index (κ2) is 9.34. The molecular formula is C20H18ClN3O3S. The Labute approximate surface area is 171 Å². The number of nitrogens with one attached hydrogen (secondary N) is 2. The molecule has 0 unspecified atom stereocenters. The number of rotatable bonds is 7. The van der Waals surface area contributed by atoms with Crippen LogP contribution in [-0.2, 0) is 4.79 Å². The third kappa shape index (κ3) is 4.88. The van der Waals surface area contributed by atoms with Crippen molar-refractivity contribution in [1.82, 2.24) is 10.3 Å². The first-order chi connectivity index (χ1) is 13.6. The van der Waals surface area contributed by atoms with Crippen LogP contribution in [0, 0.1) is 0 Å². The molecule has 6 nitrogen and oxygen atoms in total. The fraction of sp³-hybridized carbons (Fsp3) is 0.150. The number of hydrogen-bond donors (Lipinski definition) is 2. The Morgan fingerprint density at radius 2 is 1.89 bits per heavy atom. The number of anilines is 1. The number of amides is 2. The van der Waals surface area contributed by atoms with Gasteiger partial charge in [-0.1, -0.05) is 41.9 Å². The predicted octanol–water partition coefficient (Wildman–Crippen LogP) is 4.23. The number of ether oxygens (including phenoxy) is 1. The van der Waals surface area contributed by atoms with Gasteiger partial charge in [0.15, 0.2) is 5.13 Å². The molecule has 3 rings (SSSR count). The van der Waals surface area contributed by atoms with E-state index in [-0.39, 0.29) is 24.8 Å². The number of carbonyl (C=O) groups is 2. The maximum absolute atomic E-state index is 12.2. The topological polar surface area (TPSA) is 80.3 Å². The molecule has 8 heteroatoms. The lowest BCUT2D eigenvalue weighted by molar-refractivity contribution is -0.116. The lowest BCUT2D eigenvalue weighted by atomic mass is 10.2. The number of hydrogen-bond acceptors (Lipinski definition) is 5. The Bertz CT molecular complexity index is 990. The predicted molar refractivity (Wildman–Crippen MR) is 111 cm³/mol. The first-order valence-electron chi connectivity index (χ1n) is 8.50. The van der Waals surface area contributed by atoms with Crippen LogP contribution in [0.25, 0.3) is 11.3 Å². The molecule has 1 heterocycles. The summed E-state index contributed by atoms with van der Waals surface area (Å²) in [6.07, 6.45) is 0.127. The Kier molecular flexibility index (Phi) is 6.62. The van der Waals surface area contributed by atoms with E-state index in [1.54, 1.807) is 30.3 Å². The van der Waals surface area contributed by atoms with Gasteiger partial charge in [-0.25, -0.2) is 4.98 Å². The Hall–Kier alpha value is -2.90. The number of para-hydroxylation sites is 1. The number of halogens is 1. The van der Waals surface area contributed by atoms with Crippen molar-refractivity contribution >= 4 is 39.9 Å². The first kappa shape index (κ1) is 19.9. The van der Waals surface area contributed by atoms with Crippen LogP contribution in [0.1, 0.15) is 16.8 Å². The van der Waals surface area contributed by atoms with Crippen molar-refractivity contribution in [2.75, 3.05) is 19.0 Å². The standard InChI is InChI=1S/C20H18ClN3O3S/c1-27-17-9-5-3-7-14(17)19(26)22-11-10-18(25)24-20-23-16(12-28-20)13-6-2-4-8-15(13)21/h2-9,12H,10-11H2,1H3,(H,22,26)(H,23,24,25). The SMILES string of the molecule is COc1ccccc1C(=O)NCCC(=O)Nc1nc(-c2ccccc2Cl)cs1. The highest BCUT2D eigenvalue weighted by atomic mass is 35.5. The van der Waals surface area contributed by atoms with E-state index in [2.05, 4.69) is 15.6 Å². The van der Waals surface area contributed by atoms with Crippen molar-refractivity contribution < 1.29 is 14.3 Å². The number of carbonyl (C=O) groups excluding carboxylic acids is 2. The molecule has 0 aliphatic heterocycles. The van der Waals surface area contributed by atoms with E-state index < -0.39 is 0 Å². The smallest absolute Gasteiger partial charge is 0.255 e.